The van der Waals surface area contributed by atoms with Gasteiger partial charge < -0.3 is 5.11 Å². The van der Waals surface area contributed by atoms with Crippen molar-refractivity contribution < 1.29 is 18.3 Å². The summed E-state index contributed by atoms with van der Waals surface area (Å²) in [7, 11) is 0. The SMILES string of the molecule is Cc1cccc(Cn2nc(C(F)(F)F)c(CO)c2Cl)c1. The summed E-state index contributed by atoms with van der Waals surface area (Å²) >= 11 is 5.87. The van der Waals surface area contributed by atoms with Crippen molar-refractivity contribution in [1.29, 1.82) is 0 Å². The Labute approximate surface area is 118 Å². The third-order valence-corrected chi connectivity index (χ3v) is 3.25. The molecule has 0 spiro atoms. The van der Waals surface area contributed by atoms with E-state index in [2.05, 4.69) is 5.10 Å². The van der Waals surface area contributed by atoms with Crippen molar-refractivity contribution in [2.75, 3.05) is 0 Å². The lowest BCUT2D eigenvalue weighted by Gasteiger charge is -2.05. The summed E-state index contributed by atoms with van der Waals surface area (Å²) in [6, 6.07) is 7.30. The molecule has 0 aliphatic rings. The second-order valence-corrected chi connectivity index (χ2v) is 4.78. The molecule has 0 bridgehead atoms. The fraction of sp³-hybridized carbons (Fsp3) is 0.308. The largest absolute Gasteiger partial charge is 0.435 e. The summed E-state index contributed by atoms with van der Waals surface area (Å²) in [4.78, 5) is 0. The molecule has 1 aromatic carbocycles. The monoisotopic (exact) mass is 304 g/mol. The highest BCUT2D eigenvalue weighted by molar-refractivity contribution is 6.30. The molecule has 0 unspecified atom stereocenters. The Morgan fingerprint density at radius 1 is 1.35 bits per heavy atom. The van der Waals surface area contributed by atoms with E-state index in [0.29, 0.717) is 0 Å². The summed E-state index contributed by atoms with van der Waals surface area (Å²) in [6.07, 6.45) is -4.64. The molecule has 20 heavy (non-hydrogen) atoms. The molecule has 1 aromatic heterocycles. The van der Waals surface area contributed by atoms with Crippen molar-refractivity contribution in [3.8, 4) is 0 Å². The van der Waals surface area contributed by atoms with Gasteiger partial charge in [0.25, 0.3) is 0 Å². The van der Waals surface area contributed by atoms with E-state index in [1.165, 1.54) is 0 Å². The Morgan fingerprint density at radius 2 is 2.05 bits per heavy atom. The number of benzene rings is 1. The first kappa shape index (κ1) is 14.9. The maximum absolute atomic E-state index is 12.8. The molecule has 0 saturated carbocycles. The molecule has 1 heterocycles. The zero-order valence-corrected chi connectivity index (χ0v) is 11.3. The number of aryl methyl sites for hydroxylation is 1. The number of hydrogen-bond acceptors (Lipinski definition) is 2. The van der Waals surface area contributed by atoms with Gasteiger partial charge in [0.2, 0.25) is 0 Å². The Morgan fingerprint density at radius 3 is 2.55 bits per heavy atom. The molecule has 0 radical (unpaired) electrons. The maximum atomic E-state index is 12.8. The molecule has 0 aliphatic carbocycles. The highest BCUT2D eigenvalue weighted by atomic mass is 35.5. The number of rotatable bonds is 3. The van der Waals surface area contributed by atoms with Crippen LogP contribution in [0.15, 0.2) is 24.3 Å². The molecule has 1 N–H and O–H groups in total. The molecule has 2 aromatic rings. The summed E-state index contributed by atoms with van der Waals surface area (Å²) in [6.45, 7) is 1.19. The highest BCUT2D eigenvalue weighted by Gasteiger charge is 2.38. The number of aromatic nitrogens is 2. The topological polar surface area (TPSA) is 38.0 Å². The van der Waals surface area contributed by atoms with Crippen LogP contribution >= 0.6 is 11.6 Å². The minimum Gasteiger partial charge on any atom is -0.391 e. The number of nitrogens with zero attached hydrogens (tertiary/aromatic N) is 2. The minimum atomic E-state index is -4.64. The van der Waals surface area contributed by atoms with Crippen molar-refractivity contribution >= 4 is 11.6 Å². The predicted molar refractivity (Wildman–Crippen MR) is 68.4 cm³/mol. The zero-order valence-electron chi connectivity index (χ0n) is 10.6. The lowest BCUT2D eigenvalue weighted by atomic mass is 10.1. The predicted octanol–water partition coefficient (Wildman–Crippen LogP) is 3.40. The van der Waals surface area contributed by atoms with E-state index in [1.54, 1.807) is 12.1 Å². The number of aliphatic hydroxyl groups excluding tert-OH is 1. The van der Waals surface area contributed by atoms with Crippen LogP contribution in [0.25, 0.3) is 0 Å². The Balaban J connectivity index is 2.41. The van der Waals surface area contributed by atoms with Crippen molar-refractivity contribution in [2.24, 2.45) is 0 Å². The van der Waals surface area contributed by atoms with Gasteiger partial charge in [-0.25, -0.2) is 4.68 Å². The fourth-order valence-corrected chi connectivity index (χ4v) is 2.18. The van der Waals surface area contributed by atoms with Gasteiger partial charge in [0, 0.05) is 5.56 Å². The standard InChI is InChI=1S/C13H12ClF3N2O/c1-8-3-2-4-9(5-8)6-19-12(14)10(7-20)11(18-19)13(15,16)17/h2-5,20H,6-7H2,1H3. The quantitative estimate of drug-likeness (QED) is 0.943. The number of hydrogen-bond donors (Lipinski definition) is 1. The Kier molecular flexibility index (Phi) is 4.06. The molecule has 0 fully saturated rings. The second-order valence-electron chi connectivity index (χ2n) is 4.42. The third kappa shape index (κ3) is 2.96. The first-order chi connectivity index (χ1) is 9.32. The van der Waals surface area contributed by atoms with E-state index >= 15 is 0 Å². The van der Waals surface area contributed by atoms with E-state index in [9.17, 15) is 13.2 Å². The fourth-order valence-electron chi connectivity index (χ4n) is 1.93. The number of aliphatic hydroxyl groups is 1. The van der Waals surface area contributed by atoms with E-state index in [-0.39, 0.29) is 11.7 Å². The molecule has 0 atom stereocenters. The first-order valence-electron chi connectivity index (χ1n) is 5.81. The van der Waals surface area contributed by atoms with Gasteiger partial charge in [0.15, 0.2) is 5.69 Å². The van der Waals surface area contributed by atoms with Crippen molar-refractivity contribution in [2.45, 2.75) is 26.3 Å². The smallest absolute Gasteiger partial charge is 0.391 e. The van der Waals surface area contributed by atoms with Gasteiger partial charge in [-0.1, -0.05) is 41.4 Å². The molecular formula is C13H12ClF3N2O. The van der Waals surface area contributed by atoms with Crippen LogP contribution in [0.3, 0.4) is 0 Å². The van der Waals surface area contributed by atoms with Gasteiger partial charge in [-0.2, -0.15) is 18.3 Å². The Bertz CT molecular complexity index is 623. The van der Waals surface area contributed by atoms with E-state index in [0.717, 1.165) is 15.8 Å². The zero-order chi connectivity index (χ0) is 14.9. The molecule has 0 amide bonds. The van der Waals surface area contributed by atoms with Gasteiger partial charge in [0.1, 0.15) is 5.15 Å². The van der Waals surface area contributed by atoms with Crippen LogP contribution in [-0.2, 0) is 19.3 Å². The second kappa shape index (κ2) is 5.46. The van der Waals surface area contributed by atoms with E-state index in [4.69, 9.17) is 16.7 Å². The van der Waals surface area contributed by atoms with Crippen LogP contribution in [-0.4, -0.2) is 14.9 Å². The molecular weight excluding hydrogens is 293 g/mol. The van der Waals surface area contributed by atoms with E-state index in [1.807, 2.05) is 19.1 Å². The van der Waals surface area contributed by atoms with Gasteiger partial charge in [-0.15, -0.1) is 0 Å². The molecule has 108 valence electrons. The van der Waals surface area contributed by atoms with Gasteiger partial charge >= 0.3 is 6.18 Å². The van der Waals surface area contributed by atoms with Crippen molar-refractivity contribution in [3.63, 3.8) is 0 Å². The van der Waals surface area contributed by atoms with Crippen molar-refractivity contribution in [3.05, 3.63) is 51.8 Å². The number of alkyl halides is 3. The summed E-state index contributed by atoms with van der Waals surface area (Å²) in [5.74, 6) is 0. The van der Waals surface area contributed by atoms with Gasteiger partial charge in [-0.3, -0.25) is 0 Å². The molecule has 0 saturated heterocycles. The molecule has 7 heteroatoms. The summed E-state index contributed by atoms with van der Waals surface area (Å²) in [5, 5.41) is 12.3. The maximum Gasteiger partial charge on any atom is 0.435 e. The summed E-state index contributed by atoms with van der Waals surface area (Å²) < 4.78 is 39.4. The van der Waals surface area contributed by atoms with Crippen LogP contribution in [0.2, 0.25) is 5.15 Å². The average Bonchev–Trinajstić information content (AvgIpc) is 2.66. The Hall–Kier alpha value is -1.53. The number of halogens is 4. The third-order valence-electron chi connectivity index (χ3n) is 2.82. The normalized spacial score (nSPS) is 11.9. The van der Waals surface area contributed by atoms with Crippen LogP contribution < -0.4 is 0 Å². The molecule has 0 aliphatic heterocycles. The lowest BCUT2D eigenvalue weighted by molar-refractivity contribution is -0.142. The molecule has 3 nitrogen and oxygen atoms in total. The van der Waals surface area contributed by atoms with Crippen LogP contribution in [0.1, 0.15) is 22.4 Å². The van der Waals surface area contributed by atoms with Crippen LogP contribution in [0, 0.1) is 6.92 Å². The average molecular weight is 305 g/mol. The first-order valence-corrected chi connectivity index (χ1v) is 6.19. The molecule has 2 rings (SSSR count). The summed E-state index contributed by atoms with van der Waals surface area (Å²) in [5.41, 5.74) is 0.237. The van der Waals surface area contributed by atoms with Gasteiger partial charge in [-0.05, 0) is 12.5 Å². The highest BCUT2D eigenvalue weighted by Crippen LogP contribution is 2.34. The van der Waals surface area contributed by atoms with Crippen LogP contribution in [0.5, 0.6) is 0 Å². The van der Waals surface area contributed by atoms with Gasteiger partial charge in [0.05, 0.1) is 13.2 Å². The van der Waals surface area contributed by atoms with E-state index < -0.39 is 24.0 Å². The minimum absolute atomic E-state index is 0.115. The lowest BCUT2D eigenvalue weighted by Crippen LogP contribution is -2.10. The van der Waals surface area contributed by atoms with Crippen molar-refractivity contribution in [1.82, 2.24) is 9.78 Å². The van der Waals surface area contributed by atoms with Crippen LogP contribution in [0.4, 0.5) is 13.2 Å².